The minimum Gasteiger partial charge on any atom is -0.481 e. The molecule has 0 amide bonds. The van der Waals surface area contributed by atoms with Crippen LogP contribution in [-0.4, -0.2) is 27.7 Å². The summed E-state index contributed by atoms with van der Waals surface area (Å²) < 4.78 is 0. The number of carbonyl (C=O) groups is 2. The predicted octanol–water partition coefficient (Wildman–Crippen LogP) is 5.48. The molecule has 0 saturated heterocycles. The van der Waals surface area contributed by atoms with E-state index in [-0.39, 0.29) is 18.6 Å². The fourth-order valence-corrected chi connectivity index (χ4v) is 5.12. The van der Waals surface area contributed by atoms with Crippen LogP contribution in [0.2, 0.25) is 5.02 Å². The summed E-state index contributed by atoms with van der Waals surface area (Å²) in [5.41, 5.74) is 2.89. The first-order valence-corrected chi connectivity index (χ1v) is 11.7. The lowest BCUT2D eigenvalue weighted by atomic mass is 10.0. The summed E-state index contributed by atoms with van der Waals surface area (Å²) in [6.45, 7) is 0. The van der Waals surface area contributed by atoms with Gasteiger partial charge in [0.2, 0.25) is 0 Å². The first kappa shape index (κ1) is 22.0. The van der Waals surface area contributed by atoms with Crippen molar-refractivity contribution in [1.82, 2.24) is 4.98 Å². The minimum atomic E-state index is -0.925. The fraction of sp³-hybridized carbons (Fsp3) is 0.286. The van der Waals surface area contributed by atoms with Gasteiger partial charge in [-0.1, -0.05) is 17.7 Å². The van der Waals surface area contributed by atoms with Gasteiger partial charge in [-0.25, -0.2) is 4.98 Å². The Bertz CT molecular complexity index is 1010. The van der Waals surface area contributed by atoms with E-state index >= 15 is 0 Å². The van der Waals surface area contributed by atoms with Gasteiger partial charge in [-0.3, -0.25) is 9.59 Å². The normalized spacial score (nSPS) is 11.0. The Kier molecular flexibility index (Phi) is 7.84. The van der Waals surface area contributed by atoms with E-state index in [1.165, 1.54) is 33.8 Å². The molecule has 0 aliphatic rings. The number of hydrogen-bond acceptors (Lipinski definition) is 5. The largest absolute Gasteiger partial charge is 0.481 e. The van der Waals surface area contributed by atoms with Crippen molar-refractivity contribution in [2.45, 2.75) is 32.1 Å². The summed E-state index contributed by atoms with van der Waals surface area (Å²) in [6, 6.07) is 9.75. The smallest absolute Gasteiger partial charge is 0.309 e. The van der Waals surface area contributed by atoms with Gasteiger partial charge in [0.1, 0.15) is 5.01 Å². The van der Waals surface area contributed by atoms with Gasteiger partial charge < -0.3 is 5.11 Å². The Labute approximate surface area is 187 Å². The number of aryl methyl sites for hydroxylation is 3. The summed E-state index contributed by atoms with van der Waals surface area (Å²) in [5, 5.41) is 11.9. The zero-order valence-electron chi connectivity index (χ0n) is 15.5. The number of aromatic nitrogens is 1. The van der Waals surface area contributed by atoms with Crippen LogP contribution in [0.1, 0.15) is 36.4 Å². The highest BCUT2D eigenvalue weighted by atomic mass is 35.5. The van der Waals surface area contributed by atoms with Crippen LogP contribution in [0.4, 0.5) is 0 Å². The molecular weight excluding hydrogens is 449 g/mol. The number of thiazole rings is 1. The number of aliphatic carboxylic acids is 1. The van der Waals surface area contributed by atoms with E-state index in [2.05, 4.69) is 4.98 Å². The van der Waals surface area contributed by atoms with E-state index < -0.39 is 5.97 Å². The van der Waals surface area contributed by atoms with Gasteiger partial charge in [0, 0.05) is 21.2 Å². The van der Waals surface area contributed by atoms with E-state index in [1.54, 1.807) is 5.38 Å². The number of benzene rings is 1. The zero-order valence-corrected chi connectivity index (χ0v) is 18.6. The first-order valence-electron chi connectivity index (χ1n) is 9.05. The topological polar surface area (TPSA) is 67.3 Å². The van der Waals surface area contributed by atoms with E-state index in [0.29, 0.717) is 26.5 Å². The van der Waals surface area contributed by atoms with Gasteiger partial charge in [-0.05, 0) is 54.7 Å². The van der Waals surface area contributed by atoms with Crippen LogP contribution in [-0.2, 0) is 36.9 Å². The number of alkyl halides is 1. The van der Waals surface area contributed by atoms with Crippen LogP contribution < -0.4 is 0 Å². The lowest BCUT2D eigenvalue weighted by Crippen LogP contribution is -2.03. The molecule has 29 heavy (non-hydrogen) atoms. The quantitative estimate of drug-likeness (QED) is 0.316. The van der Waals surface area contributed by atoms with Crippen molar-refractivity contribution in [1.29, 1.82) is 0 Å². The maximum absolute atomic E-state index is 12.5. The number of nitrogens with zero attached hydrogens (tertiary/aromatic N) is 1. The molecule has 1 aromatic carbocycles. The molecule has 0 fully saturated rings. The van der Waals surface area contributed by atoms with Gasteiger partial charge in [0.15, 0.2) is 5.78 Å². The van der Waals surface area contributed by atoms with Crippen molar-refractivity contribution < 1.29 is 14.7 Å². The second-order valence-corrected chi connectivity index (χ2v) is 9.45. The summed E-state index contributed by atoms with van der Waals surface area (Å²) in [7, 11) is 0. The highest BCUT2D eigenvalue weighted by Gasteiger charge is 2.14. The summed E-state index contributed by atoms with van der Waals surface area (Å²) in [4.78, 5) is 29.4. The number of rotatable bonds is 10. The molecule has 3 aromatic rings. The fourth-order valence-electron chi connectivity index (χ4n) is 2.98. The van der Waals surface area contributed by atoms with E-state index in [4.69, 9.17) is 28.3 Å². The molecule has 0 aliphatic heterocycles. The third-order valence-electron chi connectivity index (χ3n) is 4.35. The highest BCUT2D eigenvalue weighted by Crippen LogP contribution is 2.24. The van der Waals surface area contributed by atoms with Crippen LogP contribution in [0.3, 0.4) is 0 Å². The second kappa shape index (κ2) is 10.3. The lowest BCUT2D eigenvalue weighted by Gasteiger charge is -2.08. The molecule has 1 N–H and O–H groups in total. The van der Waals surface area contributed by atoms with Crippen molar-refractivity contribution in [3.63, 3.8) is 0 Å². The van der Waals surface area contributed by atoms with Gasteiger partial charge in [0.25, 0.3) is 0 Å². The number of hydrogen-bond donors (Lipinski definition) is 1. The number of Topliss-reactive ketones (excluding diaryl/α,β-unsaturated/α-hetero) is 1. The third kappa shape index (κ3) is 6.37. The van der Waals surface area contributed by atoms with Crippen LogP contribution in [0.5, 0.6) is 0 Å². The Morgan fingerprint density at radius 3 is 2.62 bits per heavy atom. The molecule has 0 radical (unpaired) electrons. The number of ketones is 1. The summed E-state index contributed by atoms with van der Waals surface area (Å²) in [5.74, 6) is -0.367. The number of carboxylic acids is 1. The molecule has 3 rings (SSSR count). The number of carbonyl (C=O) groups excluding carboxylic acids is 1. The molecular formula is C21H19Cl2NO3S2. The van der Waals surface area contributed by atoms with Crippen molar-refractivity contribution in [2.24, 2.45) is 0 Å². The molecule has 2 aromatic heterocycles. The van der Waals surface area contributed by atoms with Crippen LogP contribution in [0.15, 0.2) is 35.7 Å². The monoisotopic (exact) mass is 467 g/mol. The van der Waals surface area contributed by atoms with E-state index in [0.717, 1.165) is 24.1 Å². The van der Waals surface area contributed by atoms with E-state index in [1.807, 2.05) is 30.3 Å². The van der Waals surface area contributed by atoms with Gasteiger partial charge >= 0.3 is 5.97 Å². The maximum atomic E-state index is 12.5. The standard InChI is InChI=1S/C21H19Cl2NO3S2/c22-8-7-14-9-15(23)3-1-13(14)2-4-17-5-6-19(29-17)18(25)11-20-24-16(12-28-20)10-21(26)27/h1,3,5-6,9,12H,2,4,7-8,10-11H2,(H,26,27). The lowest BCUT2D eigenvalue weighted by molar-refractivity contribution is -0.136. The molecule has 0 aliphatic carbocycles. The van der Waals surface area contributed by atoms with Crippen LogP contribution in [0.25, 0.3) is 0 Å². The molecule has 8 heteroatoms. The zero-order chi connectivity index (χ0) is 20.8. The molecule has 0 atom stereocenters. The molecule has 0 saturated carbocycles. The molecule has 152 valence electrons. The molecule has 0 spiro atoms. The van der Waals surface area contributed by atoms with Gasteiger partial charge in [-0.2, -0.15) is 0 Å². The van der Waals surface area contributed by atoms with Gasteiger partial charge in [0.05, 0.1) is 23.4 Å². The van der Waals surface area contributed by atoms with Gasteiger partial charge in [-0.15, -0.1) is 34.3 Å². The summed E-state index contributed by atoms with van der Waals surface area (Å²) >= 11 is 14.8. The van der Waals surface area contributed by atoms with Crippen molar-refractivity contribution in [3.05, 3.63) is 72.3 Å². The average Bonchev–Trinajstić information content (AvgIpc) is 3.30. The minimum absolute atomic E-state index is 0.00629. The number of carboxylic acid groups (broad SMARTS) is 1. The molecule has 0 bridgehead atoms. The molecule has 2 heterocycles. The highest BCUT2D eigenvalue weighted by molar-refractivity contribution is 7.14. The third-order valence-corrected chi connectivity index (χ3v) is 6.86. The molecule has 0 unspecified atom stereocenters. The van der Waals surface area contributed by atoms with Crippen molar-refractivity contribution >= 4 is 57.6 Å². The van der Waals surface area contributed by atoms with Crippen LogP contribution in [0, 0.1) is 0 Å². The van der Waals surface area contributed by atoms with Crippen molar-refractivity contribution in [3.8, 4) is 0 Å². The average molecular weight is 468 g/mol. The van der Waals surface area contributed by atoms with E-state index in [9.17, 15) is 9.59 Å². The summed E-state index contributed by atoms with van der Waals surface area (Å²) in [6.07, 6.45) is 2.56. The Balaban J connectivity index is 1.60. The number of thiophene rings is 1. The predicted molar refractivity (Wildman–Crippen MR) is 119 cm³/mol. The second-order valence-electron chi connectivity index (χ2n) is 6.52. The maximum Gasteiger partial charge on any atom is 0.309 e. The first-order chi connectivity index (χ1) is 13.9. The Morgan fingerprint density at radius 2 is 1.86 bits per heavy atom. The number of halogens is 2. The molecule has 4 nitrogen and oxygen atoms in total. The Hall–Kier alpha value is -1.73. The van der Waals surface area contributed by atoms with Crippen molar-refractivity contribution in [2.75, 3.05) is 5.88 Å². The van der Waals surface area contributed by atoms with Crippen LogP contribution >= 0.6 is 45.9 Å². The Morgan fingerprint density at radius 1 is 1.03 bits per heavy atom. The SMILES string of the molecule is O=C(O)Cc1csc(CC(=O)c2ccc(CCc3ccc(Cl)cc3CCCl)s2)n1.